The number of amides is 3. The van der Waals surface area contributed by atoms with Crippen LogP contribution in [0.3, 0.4) is 0 Å². The third-order valence-electron chi connectivity index (χ3n) is 5.17. The molecule has 31 heavy (non-hydrogen) atoms. The van der Waals surface area contributed by atoms with Gasteiger partial charge in [0, 0.05) is 26.2 Å². The van der Waals surface area contributed by atoms with Gasteiger partial charge in [0.25, 0.3) is 0 Å². The predicted octanol–water partition coefficient (Wildman–Crippen LogP) is 2.34. The van der Waals surface area contributed by atoms with Gasteiger partial charge in [-0.25, -0.2) is 4.79 Å². The smallest absolute Gasteiger partial charge is 0.415 e. The van der Waals surface area contributed by atoms with Crippen molar-refractivity contribution in [1.29, 1.82) is 0 Å². The molecule has 8 heteroatoms. The molecule has 1 aliphatic rings. The number of likely N-dealkylation sites (tertiary alicyclic amines) is 1. The zero-order valence-electron chi connectivity index (χ0n) is 17.5. The lowest BCUT2D eigenvalue weighted by Crippen LogP contribution is -2.45. The van der Waals surface area contributed by atoms with Crippen molar-refractivity contribution in [2.75, 3.05) is 26.7 Å². The number of benzene rings is 2. The van der Waals surface area contributed by atoms with Gasteiger partial charge in [0.05, 0.1) is 7.11 Å². The molecule has 2 aromatic rings. The van der Waals surface area contributed by atoms with E-state index < -0.39 is 11.8 Å². The molecular formula is C23H27N3O5. The molecule has 0 aromatic heterocycles. The quantitative estimate of drug-likeness (QED) is 0.693. The van der Waals surface area contributed by atoms with Crippen LogP contribution < -0.4 is 20.1 Å². The molecule has 1 aliphatic heterocycles. The molecule has 0 bridgehead atoms. The topological polar surface area (TPSA) is 97.0 Å². The first-order valence-electron chi connectivity index (χ1n) is 10.3. The fourth-order valence-corrected chi connectivity index (χ4v) is 3.34. The second-order valence-electron chi connectivity index (χ2n) is 7.36. The van der Waals surface area contributed by atoms with Gasteiger partial charge in [-0.1, -0.05) is 30.3 Å². The van der Waals surface area contributed by atoms with E-state index >= 15 is 0 Å². The number of hydrogen-bond acceptors (Lipinski definition) is 5. The van der Waals surface area contributed by atoms with Crippen LogP contribution >= 0.6 is 0 Å². The predicted molar refractivity (Wildman–Crippen MR) is 115 cm³/mol. The Hall–Kier alpha value is -3.55. The van der Waals surface area contributed by atoms with Crippen molar-refractivity contribution >= 4 is 17.9 Å². The minimum absolute atomic E-state index is 0.205. The summed E-state index contributed by atoms with van der Waals surface area (Å²) in [6.07, 6.45) is 1.09. The molecule has 2 aromatic carbocycles. The number of hydrogen-bond donors (Lipinski definition) is 2. The average Bonchev–Trinajstić information content (AvgIpc) is 2.82. The van der Waals surface area contributed by atoms with Crippen molar-refractivity contribution < 1.29 is 23.9 Å². The summed E-state index contributed by atoms with van der Waals surface area (Å²) in [4.78, 5) is 38.0. The lowest BCUT2D eigenvalue weighted by atomic mass is 9.97. The first-order valence-corrected chi connectivity index (χ1v) is 10.3. The molecular weight excluding hydrogens is 398 g/mol. The van der Waals surface area contributed by atoms with Gasteiger partial charge in [-0.3, -0.25) is 9.59 Å². The first-order chi connectivity index (χ1) is 15.0. The van der Waals surface area contributed by atoms with Gasteiger partial charge in [-0.2, -0.15) is 0 Å². The molecule has 1 saturated heterocycles. The lowest BCUT2D eigenvalue weighted by molar-refractivity contribution is -0.139. The molecule has 0 saturated carbocycles. The Morgan fingerprint density at radius 3 is 2.32 bits per heavy atom. The summed E-state index contributed by atoms with van der Waals surface area (Å²) in [5, 5.41) is 5.29. The molecule has 0 atom stereocenters. The van der Waals surface area contributed by atoms with Crippen LogP contribution in [-0.4, -0.2) is 49.6 Å². The fraction of sp³-hybridized carbons (Fsp3) is 0.348. The zero-order chi connectivity index (χ0) is 22.1. The van der Waals surface area contributed by atoms with Gasteiger partial charge in [0.15, 0.2) is 0 Å². The highest BCUT2D eigenvalue weighted by atomic mass is 16.6. The maximum Gasteiger partial charge on any atom is 0.415 e. The van der Waals surface area contributed by atoms with Crippen LogP contribution in [0.4, 0.5) is 4.79 Å². The summed E-state index contributed by atoms with van der Waals surface area (Å²) < 4.78 is 10.5. The van der Waals surface area contributed by atoms with Crippen LogP contribution in [0, 0.1) is 5.92 Å². The summed E-state index contributed by atoms with van der Waals surface area (Å²) in [7, 11) is 1.57. The highest BCUT2D eigenvalue weighted by Gasteiger charge is 2.25. The van der Waals surface area contributed by atoms with E-state index in [1.54, 1.807) is 30.2 Å². The van der Waals surface area contributed by atoms with Crippen molar-refractivity contribution in [2.45, 2.75) is 19.4 Å². The molecule has 1 heterocycles. The number of nitrogens with zero attached hydrogens (tertiary/aromatic N) is 1. The van der Waals surface area contributed by atoms with E-state index in [1.165, 1.54) is 0 Å². The van der Waals surface area contributed by atoms with Gasteiger partial charge in [-0.05, 0) is 48.6 Å². The van der Waals surface area contributed by atoms with Crippen LogP contribution in [0.1, 0.15) is 18.4 Å². The standard InChI is InChI=1S/C23H27N3O5/c1-30-20-9-5-6-18(14-20)16-25-22(28)21(27)24-15-17-10-12-26(13-11-17)23(29)31-19-7-3-2-4-8-19/h2-9,14,17H,10-13,15-16H2,1H3,(H,24,27)(H,25,28). The molecule has 8 nitrogen and oxygen atoms in total. The molecule has 3 rings (SSSR count). The van der Waals surface area contributed by atoms with Crippen LogP contribution in [0.25, 0.3) is 0 Å². The third kappa shape index (κ3) is 6.74. The number of carbonyl (C=O) groups excluding carboxylic acids is 3. The summed E-state index contributed by atoms with van der Waals surface area (Å²) in [5.74, 6) is 0.0773. The van der Waals surface area contributed by atoms with Crippen LogP contribution in [-0.2, 0) is 16.1 Å². The molecule has 3 amide bonds. The zero-order valence-corrected chi connectivity index (χ0v) is 17.5. The second-order valence-corrected chi connectivity index (χ2v) is 7.36. The van der Waals surface area contributed by atoms with E-state index in [-0.39, 0.29) is 18.6 Å². The minimum Gasteiger partial charge on any atom is -0.497 e. The number of rotatable bonds is 6. The van der Waals surface area contributed by atoms with Crippen LogP contribution in [0.2, 0.25) is 0 Å². The highest BCUT2D eigenvalue weighted by molar-refractivity contribution is 6.35. The number of methoxy groups -OCH3 is 1. The number of ether oxygens (including phenoxy) is 2. The van der Waals surface area contributed by atoms with Gasteiger partial charge in [0.2, 0.25) is 0 Å². The van der Waals surface area contributed by atoms with Crippen LogP contribution in [0.5, 0.6) is 11.5 Å². The summed E-state index contributed by atoms with van der Waals surface area (Å²) in [6.45, 7) is 1.74. The molecule has 0 spiro atoms. The largest absolute Gasteiger partial charge is 0.497 e. The average molecular weight is 425 g/mol. The van der Waals surface area contributed by atoms with Gasteiger partial charge in [-0.15, -0.1) is 0 Å². The van der Waals surface area contributed by atoms with E-state index in [1.807, 2.05) is 36.4 Å². The van der Waals surface area contributed by atoms with E-state index in [2.05, 4.69) is 10.6 Å². The van der Waals surface area contributed by atoms with E-state index in [9.17, 15) is 14.4 Å². The van der Waals surface area contributed by atoms with Crippen molar-refractivity contribution in [3.63, 3.8) is 0 Å². The summed E-state index contributed by atoms with van der Waals surface area (Å²) in [5.41, 5.74) is 0.843. The van der Waals surface area contributed by atoms with Crippen LogP contribution in [0.15, 0.2) is 54.6 Å². The maximum absolute atomic E-state index is 12.2. The van der Waals surface area contributed by atoms with E-state index in [4.69, 9.17) is 9.47 Å². The SMILES string of the molecule is COc1cccc(CNC(=O)C(=O)NCC2CCN(C(=O)Oc3ccccc3)CC2)c1. The van der Waals surface area contributed by atoms with Gasteiger partial charge in [0.1, 0.15) is 11.5 Å². The molecule has 2 N–H and O–H groups in total. The third-order valence-corrected chi connectivity index (χ3v) is 5.17. The number of para-hydroxylation sites is 1. The molecule has 0 unspecified atom stereocenters. The van der Waals surface area contributed by atoms with Crippen molar-refractivity contribution in [1.82, 2.24) is 15.5 Å². The van der Waals surface area contributed by atoms with Gasteiger partial charge < -0.3 is 25.0 Å². The van der Waals surface area contributed by atoms with Crippen molar-refractivity contribution in [2.24, 2.45) is 5.92 Å². The number of nitrogens with one attached hydrogen (secondary N) is 2. The Bertz CT molecular complexity index is 895. The minimum atomic E-state index is -0.674. The molecule has 164 valence electrons. The number of piperidine rings is 1. The highest BCUT2D eigenvalue weighted by Crippen LogP contribution is 2.18. The van der Waals surface area contributed by atoms with E-state index in [0.717, 1.165) is 18.4 Å². The van der Waals surface area contributed by atoms with E-state index in [0.29, 0.717) is 31.1 Å². The first kappa shape index (κ1) is 22.1. The van der Waals surface area contributed by atoms with Gasteiger partial charge >= 0.3 is 17.9 Å². The summed E-state index contributed by atoms with van der Waals surface area (Å²) >= 11 is 0. The normalized spacial score (nSPS) is 13.9. The van der Waals surface area contributed by atoms with Crippen molar-refractivity contribution in [3.8, 4) is 11.5 Å². The Morgan fingerprint density at radius 2 is 1.61 bits per heavy atom. The van der Waals surface area contributed by atoms with Crippen molar-refractivity contribution in [3.05, 3.63) is 60.2 Å². The fourth-order valence-electron chi connectivity index (χ4n) is 3.34. The Balaban J connectivity index is 1.35. The monoisotopic (exact) mass is 425 g/mol. The maximum atomic E-state index is 12.2. The second kappa shape index (κ2) is 11.0. The Kier molecular flexibility index (Phi) is 7.86. The summed E-state index contributed by atoms with van der Waals surface area (Å²) in [6, 6.07) is 16.2. The lowest BCUT2D eigenvalue weighted by Gasteiger charge is -2.31. The molecule has 1 fully saturated rings. The Labute approximate surface area is 181 Å². The molecule has 0 radical (unpaired) electrons. The Morgan fingerprint density at radius 1 is 0.935 bits per heavy atom. The number of carbonyl (C=O) groups is 3. The molecule has 0 aliphatic carbocycles.